The number of thioether (sulfide) groups is 2. The number of carboxylic acids is 1. The lowest BCUT2D eigenvalue weighted by Crippen LogP contribution is -2.46. The summed E-state index contributed by atoms with van der Waals surface area (Å²) in [5.41, 5.74) is 0. The molecular formula is C12H20N2O3S2. The van der Waals surface area contributed by atoms with Gasteiger partial charge in [0, 0.05) is 35.6 Å². The van der Waals surface area contributed by atoms with Gasteiger partial charge >= 0.3 is 12.0 Å². The van der Waals surface area contributed by atoms with E-state index in [1.54, 1.807) is 0 Å². The molecule has 2 amide bonds. The summed E-state index contributed by atoms with van der Waals surface area (Å²) in [5.74, 6) is 2.93. The molecule has 108 valence electrons. The van der Waals surface area contributed by atoms with Crippen LogP contribution in [0.3, 0.4) is 0 Å². The first-order chi connectivity index (χ1) is 9.15. The molecule has 2 N–H and O–H groups in total. The predicted molar refractivity (Wildman–Crippen MR) is 78.9 cm³/mol. The second-order valence-corrected chi connectivity index (χ2v) is 7.53. The minimum atomic E-state index is -0.946. The van der Waals surface area contributed by atoms with Crippen molar-refractivity contribution in [2.24, 2.45) is 5.92 Å². The molecule has 1 atom stereocenters. The van der Waals surface area contributed by atoms with Gasteiger partial charge in [0.2, 0.25) is 0 Å². The van der Waals surface area contributed by atoms with Gasteiger partial charge in [-0.05, 0) is 18.8 Å². The van der Waals surface area contributed by atoms with Crippen molar-refractivity contribution in [3.8, 4) is 0 Å². The van der Waals surface area contributed by atoms with E-state index in [1.165, 1.54) is 10.7 Å². The fourth-order valence-corrected chi connectivity index (χ4v) is 4.57. The molecule has 1 aliphatic heterocycles. The summed E-state index contributed by atoms with van der Waals surface area (Å²) in [6.45, 7) is 1.01. The Balaban J connectivity index is 1.74. The van der Waals surface area contributed by atoms with Gasteiger partial charge in [0.25, 0.3) is 0 Å². The SMILES string of the molecule is O=C(O)CN(CC1CC1)C(=O)NCC1CSCCS1. The second kappa shape index (κ2) is 7.28. The van der Waals surface area contributed by atoms with E-state index < -0.39 is 5.97 Å². The van der Waals surface area contributed by atoms with Crippen LogP contribution in [0.1, 0.15) is 12.8 Å². The Morgan fingerprint density at radius 1 is 1.32 bits per heavy atom. The third-order valence-electron chi connectivity index (χ3n) is 3.15. The highest BCUT2D eigenvalue weighted by Gasteiger charge is 2.28. The van der Waals surface area contributed by atoms with Crippen LogP contribution in [0.4, 0.5) is 4.79 Å². The number of aliphatic carboxylic acids is 1. The first-order valence-corrected chi connectivity index (χ1v) is 8.79. The lowest BCUT2D eigenvalue weighted by atomic mass is 10.3. The third-order valence-corrected chi connectivity index (χ3v) is 6.00. The average Bonchev–Trinajstić information content (AvgIpc) is 3.20. The fraction of sp³-hybridized carbons (Fsp3) is 0.833. The lowest BCUT2D eigenvalue weighted by Gasteiger charge is -2.25. The van der Waals surface area contributed by atoms with Crippen LogP contribution < -0.4 is 5.32 Å². The van der Waals surface area contributed by atoms with Crippen LogP contribution in [-0.2, 0) is 4.79 Å². The standard InChI is InChI=1S/C12H20N2O3S2/c15-11(16)7-14(6-9-1-2-9)12(17)13-5-10-8-18-3-4-19-10/h9-10H,1-8H2,(H,13,17)(H,15,16). The van der Waals surface area contributed by atoms with Gasteiger partial charge in [-0.15, -0.1) is 0 Å². The molecule has 0 aromatic carbocycles. The molecule has 1 saturated carbocycles. The number of carbonyl (C=O) groups excluding carboxylic acids is 1. The van der Waals surface area contributed by atoms with Crippen LogP contribution >= 0.6 is 23.5 Å². The van der Waals surface area contributed by atoms with Crippen LogP contribution in [0, 0.1) is 5.92 Å². The normalized spacial score (nSPS) is 22.8. The maximum Gasteiger partial charge on any atom is 0.323 e. The van der Waals surface area contributed by atoms with E-state index in [-0.39, 0.29) is 12.6 Å². The number of rotatable bonds is 6. The zero-order chi connectivity index (χ0) is 13.7. The molecular weight excluding hydrogens is 284 g/mol. The van der Waals surface area contributed by atoms with E-state index in [2.05, 4.69) is 5.32 Å². The van der Waals surface area contributed by atoms with E-state index in [0.717, 1.165) is 24.3 Å². The van der Waals surface area contributed by atoms with E-state index in [9.17, 15) is 9.59 Å². The van der Waals surface area contributed by atoms with Crippen molar-refractivity contribution in [2.75, 3.05) is 36.9 Å². The molecule has 2 aliphatic rings. The molecule has 0 spiro atoms. The maximum atomic E-state index is 12.0. The zero-order valence-corrected chi connectivity index (χ0v) is 12.5. The first-order valence-electron chi connectivity index (χ1n) is 6.59. The lowest BCUT2D eigenvalue weighted by molar-refractivity contribution is -0.137. The minimum absolute atomic E-state index is 0.200. The molecule has 1 aliphatic carbocycles. The molecule has 0 radical (unpaired) electrons. The Labute approximate surface area is 121 Å². The summed E-state index contributed by atoms with van der Waals surface area (Å²) >= 11 is 3.80. The number of nitrogens with one attached hydrogen (secondary N) is 1. The highest BCUT2D eigenvalue weighted by molar-refractivity contribution is 8.06. The van der Waals surface area contributed by atoms with Gasteiger partial charge in [0.05, 0.1) is 0 Å². The summed E-state index contributed by atoms with van der Waals surface area (Å²) in [4.78, 5) is 24.2. The van der Waals surface area contributed by atoms with Gasteiger partial charge < -0.3 is 15.3 Å². The van der Waals surface area contributed by atoms with Gasteiger partial charge in [0.1, 0.15) is 6.54 Å². The maximum absolute atomic E-state index is 12.0. The molecule has 0 aromatic rings. The Kier molecular flexibility index (Phi) is 5.69. The van der Waals surface area contributed by atoms with Gasteiger partial charge in [-0.3, -0.25) is 4.79 Å². The Bertz CT molecular complexity index is 331. The number of carbonyl (C=O) groups is 2. The van der Waals surface area contributed by atoms with E-state index in [0.29, 0.717) is 24.3 Å². The quantitative estimate of drug-likeness (QED) is 0.775. The van der Waals surface area contributed by atoms with Crippen LogP contribution in [-0.4, -0.2) is 64.1 Å². The van der Waals surface area contributed by atoms with E-state index in [1.807, 2.05) is 23.5 Å². The second-order valence-electron chi connectivity index (χ2n) is 4.97. The van der Waals surface area contributed by atoms with Crippen LogP contribution in [0.15, 0.2) is 0 Å². The summed E-state index contributed by atoms with van der Waals surface area (Å²) in [5, 5.41) is 12.2. The van der Waals surface area contributed by atoms with Crippen molar-refractivity contribution in [1.29, 1.82) is 0 Å². The Morgan fingerprint density at radius 3 is 2.68 bits per heavy atom. The van der Waals surface area contributed by atoms with Crippen molar-refractivity contribution in [2.45, 2.75) is 18.1 Å². The monoisotopic (exact) mass is 304 g/mol. The fourth-order valence-electron chi connectivity index (χ4n) is 1.96. The van der Waals surface area contributed by atoms with Crippen molar-refractivity contribution in [3.05, 3.63) is 0 Å². The molecule has 0 aromatic heterocycles. The number of nitrogens with zero attached hydrogens (tertiary/aromatic N) is 1. The van der Waals surface area contributed by atoms with Crippen molar-refractivity contribution in [1.82, 2.24) is 10.2 Å². The third kappa shape index (κ3) is 5.52. The predicted octanol–water partition coefficient (Wildman–Crippen LogP) is 1.34. The summed E-state index contributed by atoms with van der Waals surface area (Å²) in [6.07, 6.45) is 2.22. The van der Waals surface area contributed by atoms with Gasteiger partial charge in [0.15, 0.2) is 0 Å². The molecule has 5 nitrogen and oxygen atoms in total. The minimum Gasteiger partial charge on any atom is -0.480 e. The summed E-state index contributed by atoms with van der Waals surface area (Å²) in [6, 6.07) is -0.231. The number of amides is 2. The van der Waals surface area contributed by atoms with Crippen LogP contribution in [0.25, 0.3) is 0 Å². The molecule has 1 saturated heterocycles. The highest BCUT2D eigenvalue weighted by atomic mass is 32.2. The smallest absolute Gasteiger partial charge is 0.323 e. The van der Waals surface area contributed by atoms with Gasteiger partial charge in [-0.25, -0.2) is 4.79 Å². The highest BCUT2D eigenvalue weighted by Crippen LogP contribution is 2.29. The number of carboxylic acid groups (broad SMARTS) is 1. The van der Waals surface area contributed by atoms with Crippen LogP contribution in [0.2, 0.25) is 0 Å². The molecule has 2 rings (SSSR count). The first kappa shape index (κ1) is 14.8. The Hall–Kier alpha value is -0.560. The largest absolute Gasteiger partial charge is 0.480 e. The zero-order valence-electron chi connectivity index (χ0n) is 10.8. The van der Waals surface area contributed by atoms with Crippen LogP contribution in [0.5, 0.6) is 0 Å². The molecule has 1 heterocycles. The van der Waals surface area contributed by atoms with Gasteiger partial charge in [-0.1, -0.05) is 0 Å². The molecule has 19 heavy (non-hydrogen) atoms. The summed E-state index contributed by atoms with van der Waals surface area (Å²) in [7, 11) is 0. The molecule has 1 unspecified atom stereocenters. The van der Waals surface area contributed by atoms with Crippen molar-refractivity contribution in [3.63, 3.8) is 0 Å². The van der Waals surface area contributed by atoms with Crippen molar-refractivity contribution < 1.29 is 14.7 Å². The number of urea groups is 1. The molecule has 2 fully saturated rings. The van der Waals surface area contributed by atoms with Crippen molar-refractivity contribution >= 4 is 35.5 Å². The van der Waals surface area contributed by atoms with E-state index in [4.69, 9.17) is 5.11 Å². The average molecular weight is 304 g/mol. The number of hydrogen-bond acceptors (Lipinski definition) is 4. The summed E-state index contributed by atoms with van der Waals surface area (Å²) < 4.78 is 0. The topological polar surface area (TPSA) is 69.6 Å². The molecule has 7 heteroatoms. The Morgan fingerprint density at radius 2 is 2.11 bits per heavy atom. The number of hydrogen-bond donors (Lipinski definition) is 2. The van der Waals surface area contributed by atoms with Gasteiger partial charge in [-0.2, -0.15) is 23.5 Å². The van der Waals surface area contributed by atoms with E-state index >= 15 is 0 Å². The molecule has 0 bridgehead atoms.